The normalized spacial score (nSPS) is 18.7. The molecule has 5 heterocycles. The van der Waals surface area contributed by atoms with Crippen molar-refractivity contribution < 1.29 is 19.4 Å². The Labute approximate surface area is 280 Å². The number of pyridine rings is 1. The number of aromatic nitrogens is 3. The van der Waals surface area contributed by atoms with E-state index >= 15 is 0 Å². The Morgan fingerprint density at radius 3 is 2.57 bits per heavy atom. The predicted molar refractivity (Wildman–Crippen MR) is 180 cm³/mol. The van der Waals surface area contributed by atoms with Crippen LogP contribution in [-0.4, -0.2) is 106 Å². The fourth-order valence-electron chi connectivity index (χ4n) is 6.37. The van der Waals surface area contributed by atoms with Crippen LogP contribution >= 0.6 is 11.6 Å². The third-order valence-corrected chi connectivity index (χ3v) is 9.62. The maximum atomic E-state index is 13.6. The smallest absolute Gasteiger partial charge is 0.255 e. The molecule has 3 aliphatic heterocycles. The van der Waals surface area contributed by atoms with Crippen LogP contribution in [-0.2, 0) is 16.1 Å². The Morgan fingerprint density at radius 1 is 1.09 bits per heavy atom. The van der Waals surface area contributed by atoms with E-state index in [1.807, 2.05) is 24.3 Å². The lowest BCUT2D eigenvalue weighted by molar-refractivity contribution is -0.126. The van der Waals surface area contributed by atoms with Crippen LogP contribution in [0.2, 0.25) is 5.02 Å². The molecule has 13 heteroatoms. The number of nitrogens with zero attached hydrogens (tertiary/aromatic N) is 6. The molecule has 1 aromatic carbocycles. The minimum absolute atomic E-state index is 0.219. The minimum Gasteiger partial charge on any atom is -0.394 e. The van der Waals surface area contributed by atoms with Gasteiger partial charge in [0.25, 0.3) is 5.91 Å². The zero-order chi connectivity index (χ0) is 33.1. The van der Waals surface area contributed by atoms with Crippen LogP contribution in [0.4, 0.5) is 11.8 Å². The summed E-state index contributed by atoms with van der Waals surface area (Å²) in [5, 5.41) is 16.9. The van der Waals surface area contributed by atoms with Crippen molar-refractivity contribution in [3.05, 3.63) is 64.4 Å². The maximum absolute atomic E-state index is 13.6. The molecule has 2 aromatic heterocycles. The van der Waals surface area contributed by atoms with E-state index in [0.29, 0.717) is 52.7 Å². The number of anilines is 2. The first-order valence-electron chi connectivity index (χ1n) is 16.4. The van der Waals surface area contributed by atoms with E-state index in [1.165, 1.54) is 4.90 Å². The summed E-state index contributed by atoms with van der Waals surface area (Å²) in [6, 6.07) is 10.4. The average Bonchev–Trinajstić information content (AvgIpc) is 3.43. The number of aliphatic hydroxyl groups is 1. The van der Waals surface area contributed by atoms with Crippen molar-refractivity contribution in [1.82, 2.24) is 30.1 Å². The van der Waals surface area contributed by atoms with Gasteiger partial charge in [-0.25, -0.2) is 15.0 Å². The molecule has 0 radical (unpaired) electrons. The molecule has 0 spiro atoms. The second-order valence-corrected chi connectivity index (χ2v) is 13.1. The van der Waals surface area contributed by atoms with Gasteiger partial charge >= 0.3 is 0 Å². The zero-order valence-electron chi connectivity index (χ0n) is 27.2. The summed E-state index contributed by atoms with van der Waals surface area (Å²) >= 11 is 6.51. The molecule has 0 saturated carbocycles. The number of fused-ring (bicyclic) bond motifs is 1. The minimum atomic E-state index is -0.780. The lowest BCUT2D eigenvalue weighted by Gasteiger charge is -2.37. The van der Waals surface area contributed by atoms with Gasteiger partial charge in [-0.1, -0.05) is 29.8 Å². The van der Waals surface area contributed by atoms with E-state index in [-0.39, 0.29) is 31.0 Å². The Bertz CT molecular complexity index is 1590. The topological polar surface area (TPSA) is 136 Å². The molecule has 47 heavy (non-hydrogen) atoms. The van der Waals surface area contributed by atoms with Gasteiger partial charge in [0.15, 0.2) is 0 Å². The summed E-state index contributed by atoms with van der Waals surface area (Å²) in [4.78, 5) is 47.1. The van der Waals surface area contributed by atoms with Crippen LogP contribution in [0.15, 0.2) is 42.6 Å². The summed E-state index contributed by atoms with van der Waals surface area (Å²) in [6.07, 6.45) is 3.30. The highest BCUT2D eigenvalue weighted by molar-refractivity contribution is 6.33. The van der Waals surface area contributed by atoms with E-state index in [1.54, 1.807) is 25.3 Å². The van der Waals surface area contributed by atoms with Crippen molar-refractivity contribution in [3.8, 4) is 11.3 Å². The first-order chi connectivity index (χ1) is 22.7. The van der Waals surface area contributed by atoms with E-state index < -0.39 is 12.1 Å². The number of piperazine rings is 1. The van der Waals surface area contributed by atoms with Gasteiger partial charge in [-0.05, 0) is 57.4 Å². The van der Waals surface area contributed by atoms with E-state index in [9.17, 15) is 14.7 Å². The molecule has 2 atom stereocenters. The van der Waals surface area contributed by atoms with Crippen LogP contribution in [0.5, 0.6) is 0 Å². The van der Waals surface area contributed by atoms with Crippen molar-refractivity contribution in [1.29, 1.82) is 0 Å². The fraction of sp³-hybridized carbons (Fsp3) is 0.500. The average molecular weight is 663 g/mol. The van der Waals surface area contributed by atoms with Crippen molar-refractivity contribution in [2.75, 3.05) is 56.2 Å². The van der Waals surface area contributed by atoms with Gasteiger partial charge in [0.05, 0.1) is 35.3 Å². The molecule has 3 aliphatic rings. The summed E-state index contributed by atoms with van der Waals surface area (Å²) in [5.41, 5.74) is 3.11. The molecule has 12 nitrogen and oxygen atoms in total. The standard InChI is InChI=1S/C34H43ClN8O4/c1-21(2)41-11-13-42(14-12-41)30-6-4-5-28(38-30)29(20-44)39-32(45)22(3)43-19-24-8-7-23(17-26(24)33(43)46)31-27(35)18-36-34(40-31)37-25-9-15-47-16-10-25/h4-8,17-18,21-22,25,29,44H,9-16,19-20H2,1-3H3,(H,39,45)(H,36,37,40). The number of aliphatic hydroxyl groups excluding tert-OH is 1. The number of amides is 2. The summed E-state index contributed by atoms with van der Waals surface area (Å²) < 4.78 is 5.44. The van der Waals surface area contributed by atoms with Gasteiger partial charge in [0, 0.05) is 69.1 Å². The number of hydrogen-bond acceptors (Lipinski definition) is 10. The Hall–Kier alpha value is -3.84. The monoisotopic (exact) mass is 662 g/mol. The van der Waals surface area contributed by atoms with Crippen LogP contribution in [0, 0.1) is 0 Å². The number of carbonyl (C=O) groups excluding carboxylic acids is 2. The number of ether oxygens (including phenoxy) is 1. The first kappa shape index (κ1) is 33.1. The van der Waals surface area contributed by atoms with Gasteiger partial charge in [0.2, 0.25) is 11.9 Å². The molecule has 0 aliphatic carbocycles. The summed E-state index contributed by atoms with van der Waals surface area (Å²) in [6.45, 7) is 11.1. The quantitative estimate of drug-likeness (QED) is 0.296. The summed E-state index contributed by atoms with van der Waals surface area (Å²) in [5.74, 6) is 0.674. The largest absolute Gasteiger partial charge is 0.394 e. The van der Waals surface area contributed by atoms with Crippen molar-refractivity contribution in [2.24, 2.45) is 0 Å². The van der Waals surface area contributed by atoms with E-state index in [0.717, 1.165) is 50.4 Å². The number of nitrogens with one attached hydrogen (secondary N) is 2. The molecule has 2 unspecified atom stereocenters. The van der Waals surface area contributed by atoms with Crippen LogP contribution < -0.4 is 15.5 Å². The maximum Gasteiger partial charge on any atom is 0.255 e. The molecule has 3 aromatic rings. The number of rotatable bonds is 10. The Morgan fingerprint density at radius 2 is 1.85 bits per heavy atom. The molecule has 250 valence electrons. The Kier molecular flexibility index (Phi) is 10.2. The molecule has 6 rings (SSSR count). The second kappa shape index (κ2) is 14.5. The van der Waals surface area contributed by atoms with E-state index in [2.05, 4.69) is 44.2 Å². The fourth-order valence-corrected chi connectivity index (χ4v) is 6.57. The lowest BCUT2D eigenvalue weighted by Crippen LogP contribution is -2.49. The molecular weight excluding hydrogens is 620 g/mol. The van der Waals surface area contributed by atoms with Gasteiger partial charge in [-0.15, -0.1) is 0 Å². The molecular formula is C34H43ClN8O4. The zero-order valence-corrected chi connectivity index (χ0v) is 27.9. The predicted octanol–water partition coefficient (Wildman–Crippen LogP) is 3.51. The number of halogens is 1. The van der Waals surface area contributed by atoms with Gasteiger partial charge in [0.1, 0.15) is 11.9 Å². The Balaban J connectivity index is 1.12. The third kappa shape index (κ3) is 7.35. The van der Waals surface area contributed by atoms with Crippen molar-refractivity contribution in [3.63, 3.8) is 0 Å². The molecule has 0 bridgehead atoms. The third-order valence-electron chi connectivity index (χ3n) is 9.34. The van der Waals surface area contributed by atoms with Gasteiger partial charge in [-0.3, -0.25) is 14.5 Å². The second-order valence-electron chi connectivity index (χ2n) is 12.7. The van der Waals surface area contributed by atoms with Crippen molar-refractivity contribution in [2.45, 2.75) is 64.3 Å². The van der Waals surface area contributed by atoms with E-state index in [4.69, 9.17) is 21.3 Å². The highest BCUT2D eigenvalue weighted by Gasteiger charge is 2.35. The number of carbonyl (C=O) groups is 2. The summed E-state index contributed by atoms with van der Waals surface area (Å²) in [7, 11) is 0. The van der Waals surface area contributed by atoms with Gasteiger partial charge in [-0.2, -0.15) is 0 Å². The molecule has 2 fully saturated rings. The molecule has 2 saturated heterocycles. The molecule has 2 amide bonds. The van der Waals surface area contributed by atoms with Crippen LogP contribution in [0.3, 0.4) is 0 Å². The number of benzene rings is 1. The first-order valence-corrected chi connectivity index (χ1v) is 16.8. The number of hydrogen-bond donors (Lipinski definition) is 3. The highest BCUT2D eigenvalue weighted by Crippen LogP contribution is 2.32. The lowest BCUT2D eigenvalue weighted by atomic mass is 10.0. The van der Waals surface area contributed by atoms with Crippen LogP contribution in [0.25, 0.3) is 11.3 Å². The highest BCUT2D eigenvalue weighted by atomic mass is 35.5. The van der Waals surface area contributed by atoms with Crippen molar-refractivity contribution >= 4 is 35.2 Å². The van der Waals surface area contributed by atoms with Gasteiger partial charge < -0.3 is 30.3 Å². The molecule has 3 N–H and O–H groups in total. The van der Waals surface area contributed by atoms with Crippen LogP contribution in [0.1, 0.15) is 61.3 Å². The SMILES string of the molecule is CC(C)N1CCN(c2cccc(C(CO)NC(=O)C(C)N3Cc4ccc(-c5nc(NC6CCOCC6)ncc5Cl)cc4C3=O)n2)CC1.